The molecule has 2 atom stereocenters. The SMILES string of the molecule is COCC(=O)NCC1CNCCOC1c1ccc(C)c(Cl)c1.Cl. The van der Waals surface area contributed by atoms with Gasteiger partial charge >= 0.3 is 0 Å². The van der Waals surface area contributed by atoms with Crippen LogP contribution < -0.4 is 10.6 Å². The van der Waals surface area contributed by atoms with E-state index in [2.05, 4.69) is 10.6 Å². The number of carbonyl (C=O) groups excluding carboxylic acids is 1. The third kappa shape index (κ3) is 5.94. The fourth-order valence-electron chi connectivity index (χ4n) is 2.55. The maximum Gasteiger partial charge on any atom is 0.245 e. The Morgan fingerprint density at radius 3 is 3.00 bits per heavy atom. The molecule has 0 spiro atoms. The van der Waals surface area contributed by atoms with Gasteiger partial charge in [-0.2, -0.15) is 0 Å². The van der Waals surface area contributed by atoms with E-state index in [0.717, 1.165) is 29.2 Å². The number of ether oxygens (including phenoxy) is 2. The molecule has 0 radical (unpaired) electrons. The van der Waals surface area contributed by atoms with Crippen LogP contribution in [0.5, 0.6) is 0 Å². The molecule has 1 fully saturated rings. The van der Waals surface area contributed by atoms with Crippen LogP contribution in [0.4, 0.5) is 0 Å². The molecule has 1 aliphatic rings. The lowest BCUT2D eigenvalue weighted by atomic mass is 9.94. The summed E-state index contributed by atoms with van der Waals surface area (Å²) in [7, 11) is 1.51. The van der Waals surface area contributed by atoms with E-state index >= 15 is 0 Å². The zero-order valence-corrected chi connectivity index (χ0v) is 15.0. The van der Waals surface area contributed by atoms with Crippen LogP contribution in [-0.4, -0.2) is 45.9 Å². The first-order valence-corrected chi connectivity index (χ1v) is 7.83. The van der Waals surface area contributed by atoms with Gasteiger partial charge in [-0.05, 0) is 24.1 Å². The minimum atomic E-state index is -0.118. The highest BCUT2D eigenvalue weighted by Gasteiger charge is 2.26. The molecule has 1 aliphatic heterocycles. The van der Waals surface area contributed by atoms with E-state index in [9.17, 15) is 4.79 Å². The van der Waals surface area contributed by atoms with Crippen LogP contribution in [0.15, 0.2) is 18.2 Å². The van der Waals surface area contributed by atoms with E-state index in [1.807, 2.05) is 25.1 Å². The second-order valence-corrected chi connectivity index (χ2v) is 5.91. The van der Waals surface area contributed by atoms with E-state index in [1.165, 1.54) is 7.11 Å². The van der Waals surface area contributed by atoms with Gasteiger partial charge in [0.2, 0.25) is 5.91 Å². The van der Waals surface area contributed by atoms with Crippen molar-refractivity contribution in [1.29, 1.82) is 0 Å². The van der Waals surface area contributed by atoms with Crippen molar-refractivity contribution < 1.29 is 14.3 Å². The Hall–Kier alpha value is -0.850. The Labute approximate surface area is 148 Å². The number of hydrogen-bond donors (Lipinski definition) is 2. The number of nitrogens with one attached hydrogen (secondary N) is 2. The Morgan fingerprint density at radius 2 is 2.30 bits per heavy atom. The van der Waals surface area contributed by atoms with E-state index in [0.29, 0.717) is 13.2 Å². The first kappa shape index (κ1) is 20.2. The fraction of sp³-hybridized carbons (Fsp3) is 0.562. The molecule has 5 nitrogen and oxygen atoms in total. The normalized spacial score (nSPS) is 21.2. The third-order valence-corrected chi connectivity index (χ3v) is 4.18. The van der Waals surface area contributed by atoms with Gasteiger partial charge in [-0.3, -0.25) is 4.79 Å². The number of amides is 1. The molecule has 1 heterocycles. The maximum absolute atomic E-state index is 11.6. The van der Waals surface area contributed by atoms with E-state index < -0.39 is 0 Å². The van der Waals surface area contributed by atoms with Gasteiger partial charge < -0.3 is 20.1 Å². The van der Waals surface area contributed by atoms with E-state index in [-0.39, 0.29) is 36.9 Å². The minimum absolute atomic E-state index is 0. The molecule has 1 saturated heterocycles. The van der Waals surface area contributed by atoms with Crippen molar-refractivity contribution >= 4 is 29.9 Å². The summed E-state index contributed by atoms with van der Waals surface area (Å²) < 4.78 is 10.8. The molecule has 2 N–H and O–H groups in total. The second kappa shape index (κ2) is 10.1. The van der Waals surface area contributed by atoms with Crippen molar-refractivity contribution in [3.63, 3.8) is 0 Å². The summed E-state index contributed by atoms with van der Waals surface area (Å²) in [5.41, 5.74) is 2.09. The third-order valence-electron chi connectivity index (χ3n) is 3.77. The first-order valence-electron chi connectivity index (χ1n) is 7.46. The van der Waals surface area contributed by atoms with Crippen LogP contribution in [0.2, 0.25) is 5.02 Å². The summed E-state index contributed by atoms with van der Waals surface area (Å²) in [5, 5.41) is 6.96. The number of rotatable bonds is 5. The Bertz CT molecular complexity index is 514. The van der Waals surface area contributed by atoms with Gasteiger partial charge in [-0.15, -0.1) is 12.4 Å². The average molecular weight is 363 g/mol. The highest BCUT2D eigenvalue weighted by Crippen LogP contribution is 2.30. The van der Waals surface area contributed by atoms with Gasteiger partial charge in [0, 0.05) is 37.7 Å². The van der Waals surface area contributed by atoms with Crippen molar-refractivity contribution in [3.05, 3.63) is 34.3 Å². The van der Waals surface area contributed by atoms with Crippen LogP contribution in [0.3, 0.4) is 0 Å². The maximum atomic E-state index is 11.6. The minimum Gasteiger partial charge on any atom is -0.375 e. The van der Waals surface area contributed by atoms with Crippen LogP contribution in [0.25, 0.3) is 0 Å². The number of carbonyl (C=O) groups is 1. The molecule has 2 rings (SSSR count). The highest BCUT2D eigenvalue weighted by atomic mass is 35.5. The monoisotopic (exact) mass is 362 g/mol. The van der Waals surface area contributed by atoms with Crippen molar-refractivity contribution in [2.75, 3.05) is 40.0 Å². The standard InChI is InChI=1S/C16H23ClN2O3.ClH/c1-11-3-4-12(7-14(11)17)16-13(8-18-5-6-22-16)9-19-15(20)10-21-2;/h3-4,7,13,16,18H,5-6,8-10H2,1-2H3,(H,19,20);1H. The summed E-state index contributed by atoms with van der Waals surface area (Å²) in [5.74, 6) is 0.0227. The molecular formula is C16H24Cl2N2O3. The molecule has 1 aromatic carbocycles. The molecule has 23 heavy (non-hydrogen) atoms. The van der Waals surface area contributed by atoms with Crippen molar-refractivity contribution in [1.82, 2.24) is 10.6 Å². The van der Waals surface area contributed by atoms with Crippen LogP contribution in [0, 0.1) is 12.8 Å². The quantitative estimate of drug-likeness (QED) is 0.841. The molecule has 0 saturated carbocycles. The van der Waals surface area contributed by atoms with Gasteiger partial charge in [0.05, 0.1) is 12.7 Å². The number of methoxy groups -OCH3 is 1. The molecule has 130 valence electrons. The molecular weight excluding hydrogens is 339 g/mol. The lowest BCUT2D eigenvalue weighted by Crippen LogP contribution is -2.37. The Balaban J connectivity index is 0.00000264. The topological polar surface area (TPSA) is 59.6 Å². The van der Waals surface area contributed by atoms with Gasteiger partial charge in [0.15, 0.2) is 0 Å². The predicted molar refractivity (Wildman–Crippen MR) is 93.4 cm³/mol. The zero-order chi connectivity index (χ0) is 15.9. The Morgan fingerprint density at radius 1 is 1.52 bits per heavy atom. The van der Waals surface area contributed by atoms with E-state index in [1.54, 1.807) is 0 Å². The van der Waals surface area contributed by atoms with Gasteiger partial charge in [-0.25, -0.2) is 0 Å². The summed E-state index contributed by atoms with van der Waals surface area (Å²) >= 11 is 6.23. The second-order valence-electron chi connectivity index (χ2n) is 5.50. The smallest absolute Gasteiger partial charge is 0.245 e. The molecule has 0 aromatic heterocycles. The molecule has 1 amide bonds. The van der Waals surface area contributed by atoms with Crippen LogP contribution in [-0.2, 0) is 14.3 Å². The highest BCUT2D eigenvalue weighted by molar-refractivity contribution is 6.31. The molecule has 0 aliphatic carbocycles. The van der Waals surface area contributed by atoms with Gasteiger partial charge in [0.25, 0.3) is 0 Å². The van der Waals surface area contributed by atoms with E-state index in [4.69, 9.17) is 21.1 Å². The average Bonchev–Trinajstić information content (AvgIpc) is 2.74. The number of benzene rings is 1. The summed E-state index contributed by atoms with van der Waals surface area (Å²) in [6.07, 6.45) is -0.0871. The summed E-state index contributed by atoms with van der Waals surface area (Å²) in [6.45, 7) is 4.80. The largest absolute Gasteiger partial charge is 0.375 e. The number of halogens is 2. The fourth-order valence-corrected chi connectivity index (χ4v) is 2.74. The number of aryl methyl sites for hydroxylation is 1. The predicted octanol–water partition coefficient (Wildman–Crippen LogP) is 2.11. The van der Waals surface area contributed by atoms with Crippen molar-refractivity contribution in [2.45, 2.75) is 13.0 Å². The summed E-state index contributed by atoms with van der Waals surface area (Å²) in [6, 6.07) is 6.00. The zero-order valence-electron chi connectivity index (χ0n) is 13.4. The van der Waals surface area contributed by atoms with Gasteiger partial charge in [-0.1, -0.05) is 23.7 Å². The Kier molecular flexibility index (Phi) is 8.87. The van der Waals surface area contributed by atoms with Crippen molar-refractivity contribution in [2.24, 2.45) is 5.92 Å². The molecule has 2 unspecified atom stereocenters. The van der Waals surface area contributed by atoms with Gasteiger partial charge in [0.1, 0.15) is 6.61 Å². The lowest BCUT2D eigenvalue weighted by Gasteiger charge is -2.25. The number of hydrogen-bond acceptors (Lipinski definition) is 4. The van der Waals surface area contributed by atoms with Crippen LogP contribution in [0.1, 0.15) is 17.2 Å². The van der Waals surface area contributed by atoms with Crippen LogP contribution >= 0.6 is 24.0 Å². The molecule has 1 aromatic rings. The first-order chi connectivity index (χ1) is 10.6. The van der Waals surface area contributed by atoms with Crippen molar-refractivity contribution in [3.8, 4) is 0 Å². The molecule has 0 bridgehead atoms. The molecule has 7 heteroatoms. The summed E-state index contributed by atoms with van der Waals surface area (Å²) in [4.78, 5) is 11.6. The lowest BCUT2D eigenvalue weighted by molar-refractivity contribution is -0.125.